The monoisotopic (exact) mass is 373 g/mol. The van der Waals surface area contributed by atoms with Crippen LogP contribution in [-0.2, 0) is 6.42 Å². The molecule has 1 unspecified atom stereocenters. The lowest BCUT2D eigenvalue weighted by molar-refractivity contribution is -0.872. The van der Waals surface area contributed by atoms with Crippen LogP contribution in [-0.4, -0.2) is 38.0 Å². The van der Waals surface area contributed by atoms with Crippen LogP contribution in [0, 0.1) is 19.8 Å². The van der Waals surface area contributed by atoms with Gasteiger partial charge in [-0.25, -0.2) is 0 Å². The average molecular weight is 373 g/mol. The van der Waals surface area contributed by atoms with Crippen LogP contribution in [0.5, 0.6) is 0 Å². The lowest BCUT2D eigenvalue weighted by Gasteiger charge is -2.31. The summed E-state index contributed by atoms with van der Waals surface area (Å²) in [6.07, 6.45) is 2.05. The SMILES string of the molecule is Cc1cc2c(cc1C)C(=O)C(C[N+](C)(C)C)CC2.[I-]. The fourth-order valence-electron chi connectivity index (χ4n) is 2.83. The molecule has 3 heteroatoms. The molecule has 0 spiro atoms. The van der Waals surface area contributed by atoms with Gasteiger partial charge in [0.25, 0.3) is 0 Å². The Hall–Kier alpha value is -0.420. The first kappa shape index (κ1) is 16.6. The Bertz CT molecular complexity index is 488. The Kier molecular flexibility index (Phi) is 5.18. The van der Waals surface area contributed by atoms with Crippen molar-refractivity contribution in [1.29, 1.82) is 0 Å². The molecule has 1 aliphatic rings. The molecule has 0 bridgehead atoms. The van der Waals surface area contributed by atoms with E-state index in [1.165, 1.54) is 16.7 Å². The minimum absolute atomic E-state index is 0. The topological polar surface area (TPSA) is 17.1 Å². The zero-order valence-corrected chi connectivity index (χ0v) is 14.7. The summed E-state index contributed by atoms with van der Waals surface area (Å²) in [7, 11) is 6.47. The molecule has 2 rings (SSSR count). The largest absolute Gasteiger partial charge is 1.00 e. The van der Waals surface area contributed by atoms with Crippen molar-refractivity contribution in [2.75, 3.05) is 27.7 Å². The van der Waals surface area contributed by atoms with Gasteiger partial charge in [0.1, 0.15) is 0 Å². The molecular weight excluding hydrogens is 349 g/mol. The van der Waals surface area contributed by atoms with E-state index >= 15 is 0 Å². The van der Waals surface area contributed by atoms with Crippen LogP contribution in [0.25, 0.3) is 0 Å². The van der Waals surface area contributed by atoms with E-state index in [-0.39, 0.29) is 29.9 Å². The lowest BCUT2D eigenvalue weighted by Crippen LogP contribution is -3.00. The number of carbonyl (C=O) groups excluding carboxylic acids is 1. The Balaban J connectivity index is 0.00000180. The Morgan fingerprint density at radius 1 is 1.16 bits per heavy atom. The highest BCUT2D eigenvalue weighted by Gasteiger charge is 2.31. The maximum Gasteiger partial charge on any atom is 0.171 e. The van der Waals surface area contributed by atoms with Gasteiger partial charge in [0.05, 0.1) is 33.6 Å². The number of benzene rings is 1. The highest BCUT2D eigenvalue weighted by atomic mass is 127. The number of hydrogen-bond donors (Lipinski definition) is 0. The van der Waals surface area contributed by atoms with Gasteiger partial charge in [0.2, 0.25) is 0 Å². The molecule has 0 N–H and O–H groups in total. The number of rotatable bonds is 2. The number of nitrogens with zero attached hydrogens (tertiary/aromatic N) is 1. The predicted octanol–water partition coefficient (Wildman–Crippen LogP) is -0.241. The molecule has 0 aromatic heterocycles. The number of fused-ring (bicyclic) bond motifs is 1. The fourth-order valence-corrected chi connectivity index (χ4v) is 2.83. The van der Waals surface area contributed by atoms with Crippen molar-refractivity contribution in [2.45, 2.75) is 26.7 Å². The van der Waals surface area contributed by atoms with Crippen LogP contribution in [0.3, 0.4) is 0 Å². The molecular formula is C16H24INO. The van der Waals surface area contributed by atoms with Crippen molar-refractivity contribution < 1.29 is 33.3 Å². The quantitative estimate of drug-likeness (QED) is 0.517. The van der Waals surface area contributed by atoms with Crippen LogP contribution in [0.1, 0.15) is 33.5 Å². The molecule has 106 valence electrons. The van der Waals surface area contributed by atoms with Gasteiger partial charge >= 0.3 is 0 Å². The van der Waals surface area contributed by atoms with E-state index in [0.29, 0.717) is 5.78 Å². The number of hydrogen-bond acceptors (Lipinski definition) is 1. The van der Waals surface area contributed by atoms with Gasteiger partial charge in [-0.3, -0.25) is 4.79 Å². The number of Topliss-reactive ketones (excluding diaryl/α,β-unsaturated/α-hetero) is 1. The van der Waals surface area contributed by atoms with Gasteiger partial charge in [-0.2, -0.15) is 0 Å². The molecule has 1 atom stereocenters. The molecule has 0 radical (unpaired) electrons. The van der Waals surface area contributed by atoms with Crippen LogP contribution in [0.2, 0.25) is 0 Å². The second-order valence-electron chi connectivity index (χ2n) is 6.67. The molecule has 1 aromatic rings. The van der Waals surface area contributed by atoms with E-state index in [4.69, 9.17) is 0 Å². The van der Waals surface area contributed by atoms with Gasteiger partial charge in [-0.1, -0.05) is 6.07 Å². The molecule has 0 saturated heterocycles. The van der Waals surface area contributed by atoms with E-state index < -0.39 is 0 Å². The number of aryl methyl sites for hydroxylation is 3. The summed E-state index contributed by atoms with van der Waals surface area (Å²) in [5.41, 5.74) is 4.75. The summed E-state index contributed by atoms with van der Waals surface area (Å²) in [5.74, 6) is 0.548. The number of ketones is 1. The zero-order valence-electron chi connectivity index (χ0n) is 12.6. The average Bonchev–Trinajstić information content (AvgIpc) is 2.24. The summed E-state index contributed by atoms with van der Waals surface area (Å²) in [5, 5.41) is 0. The molecule has 1 aliphatic carbocycles. The first-order chi connectivity index (χ1) is 8.28. The minimum atomic E-state index is 0. The maximum absolute atomic E-state index is 12.5. The van der Waals surface area contributed by atoms with Gasteiger partial charge in [0.15, 0.2) is 5.78 Å². The third kappa shape index (κ3) is 3.78. The second-order valence-corrected chi connectivity index (χ2v) is 6.67. The molecule has 0 fully saturated rings. The number of quaternary nitrogens is 1. The fraction of sp³-hybridized carbons (Fsp3) is 0.562. The van der Waals surface area contributed by atoms with E-state index in [0.717, 1.165) is 29.4 Å². The normalized spacial score (nSPS) is 18.8. The summed E-state index contributed by atoms with van der Waals surface area (Å²) in [6, 6.07) is 4.29. The molecule has 0 saturated carbocycles. The van der Waals surface area contributed by atoms with Crippen LogP contribution >= 0.6 is 0 Å². The van der Waals surface area contributed by atoms with Gasteiger partial charge in [-0.05, 0) is 49.4 Å². The van der Waals surface area contributed by atoms with Crippen LogP contribution in [0.4, 0.5) is 0 Å². The van der Waals surface area contributed by atoms with Crippen molar-refractivity contribution in [3.63, 3.8) is 0 Å². The van der Waals surface area contributed by atoms with Crippen molar-refractivity contribution in [2.24, 2.45) is 5.92 Å². The van der Waals surface area contributed by atoms with Crippen molar-refractivity contribution in [3.05, 3.63) is 34.4 Å². The summed E-state index contributed by atoms with van der Waals surface area (Å²) in [4.78, 5) is 12.5. The van der Waals surface area contributed by atoms with Gasteiger partial charge in [-0.15, -0.1) is 0 Å². The van der Waals surface area contributed by atoms with Crippen molar-refractivity contribution in [1.82, 2.24) is 0 Å². The van der Waals surface area contributed by atoms with Crippen molar-refractivity contribution in [3.8, 4) is 0 Å². The van der Waals surface area contributed by atoms with Gasteiger partial charge < -0.3 is 28.5 Å². The molecule has 19 heavy (non-hydrogen) atoms. The van der Waals surface area contributed by atoms with E-state index in [2.05, 4.69) is 47.1 Å². The summed E-state index contributed by atoms with van der Waals surface area (Å²) in [6.45, 7) is 5.15. The first-order valence-corrected chi connectivity index (χ1v) is 6.73. The Labute approximate surface area is 133 Å². The van der Waals surface area contributed by atoms with E-state index in [9.17, 15) is 4.79 Å². The third-order valence-corrected chi connectivity index (χ3v) is 3.89. The molecule has 2 nitrogen and oxygen atoms in total. The highest BCUT2D eigenvalue weighted by molar-refractivity contribution is 6.00. The minimum Gasteiger partial charge on any atom is -1.00 e. The predicted molar refractivity (Wildman–Crippen MR) is 75.0 cm³/mol. The lowest BCUT2D eigenvalue weighted by atomic mass is 9.81. The zero-order chi connectivity index (χ0) is 13.5. The maximum atomic E-state index is 12.5. The second kappa shape index (κ2) is 5.92. The summed E-state index contributed by atoms with van der Waals surface area (Å²) < 4.78 is 0.858. The number of halogens is 1. The third-order valence-electron chi connectivity index (χ3n) is 3.89. The molecule has 0 aliphatic heterocycles. The highest BCUT2D eigenvalue weighted by Crippen LogP contribution is 2.28. The first-order valence-electron chi connectivity index (χ1n) is 6.73. The molecule has 1 aromatic carbocycles. The van der Waals surface area contributed by atoms with E-state index in [1.54, 1.807) is 0 Å². The van der Waals surface area contributed by atoms with Gasteiger partial charge in [0, 0.05) is 5.56 Å². The Morgan fingerprint density at radius 2 is 1.74 bits per heavy atom. The molecule has 0 amide bonds. The van der Waals surface area contributed by atoms with Crippen LogP contribution in [0.15, 0.2) is 12.1 Å². The van der Waals surface area contributed by atoms with Crippen LogP contribution < -0.4 is 24.0 Å². The standard InChI is InChI=1S/C16H24NO.HI/c1-11-8-13-6-7-14(10-17(3,4)5)16(18)15(13)9-12(11)2;/h8-9,14H,6-7,10H2,1-5H3;1H/q+1;/p-1. The molecule has 0 heterocycles. The number of carbonyl (C=O) groups is 1. The summed E-state index contributed by atoms with van der Waals surface area (Å²) >= 11 is 0. The Morgan fingerprint density at radius 3 is 2.32 bits per heavy atom. The van der Waals surface area contributed by atoms with E-state index in [1.807, 2.05) is 0 Å². The van der Waals surface area contributed by atoms with Crippen molar-refractivity contribution >= 4 is 5.78 Å². The smallest absolute Gasteiger partial charge is 0.171 e.